The van der Waals surface area contributed by atoms with E-state index in [1.165, 1.54) is 6.07 Å². The van der Waals surface area contributed by atoms with Crippen molar-refractivity contribution in [2.45, 2.75) is 105 Å². The number of carboxylic acids is 1. The molecule has 9 rings (SSSR count). The number of fused-ring (bicyclic) bond motifs is 6. The van der Waals surface area contributed by atoms with E-state index in [1.807, 2.05) is 70.2 Å². The Morgan fingerprint density at radius 3 is 2.25 bits per heavy atom. The molecule has 73 heavy (non-hydrogen) atoms. The number of anilines is 2. The smallest absolute Gasteiger partial charge is 0.337 e. The first-order valence-corrected chi connectivity index (χ1v) is 27.9. The van der Waals surface area contributed by atoms with Crippen LogP contribution < -0.4 is 35.8 Å². The largest absolute Gasteiger partial charge is 0.744 e. The van der Waals surface area contributed by atoms with Gasteiger partial charge in [-0.05, 0) is 87.4 Å². The zero-order valence-electron chi connectivity index (χ0n) is 40.0. The van der Waals surface area contributed by atoms with Crippen LogP contribution in [0.5, 0.6) is 11.5 Å². The Kier molecular flexibility index (Phi) is 13.6. The lowest BCUT2D eigenvalue weighted by molar-refractivity contribution is -0.590. The zero-order chi connectivity index (χ0) is 52.9. The van der Waals surface area contributed by atoms with Crippen LogP contribution in [0.4, 0.5) is 11.4 Å². The molecule has 0 spiro atoms. The van der Waals surface area contributed by atoms with E-state index in [-0.39, 0.29) is 79.1 Å². The molecule has 4 aliphatic rings. The van der Waals surface area contributed by atoms with Crippen LogP contribution in [-0.2, 0) is 36.4 Å². The fourth-order valence-corrected chi connectivity index (χ4v) is 14.1. The lowest BCUT2D eigenvalue weighted by atomic mass is 9.79. The number of amides is 2. The number of hydrogen-bond acceptors (Lipinski definition) is 11. The van der Waals surface area contributed by atoms with Gasteiger partial charge in [-0.1, -0.05) is 90.8 Å². The molecule has 0 saturated carbocycles. The molecule has 5 N–H and O–H groups in total. The van der Waals surface area contributed by atoms with E-state index in [0.29, 0.717) is 35.2 Å². The summed E-state index contributed by atoms with van der Waals surface area (Å²) in [6.07, 6.45) is 0.814. The van der Waals surface area contributed by atoms with Gasteiger partial charge in [0.15, 0.2) is 17.0 Å². The normalized spacial score (nSPS) is 18.0. The van der Waals surface area contributed by atoms with Crippen molar-refractivity contribution in [3.63, 3.8) is 0 Å². The first-order valence-electron chi connectivity index (χ1n) is 23.0. The number of nitrogens with zero attached hydrogens (tertiary/aromatic N) is 1. The predicted molar refractivity (Wildman–Crippen MR) is 276 cm³/mol. The van der Waals surface area contributed by atoms with Gasteiger partial charge in [-0.2, -0.15) is 8.42 Å². The number of rotatable bonds is 10. The summed E-state index contributed by atoms with van der Waals surface area (Å²) in [7, 11) is -10.8. The fourth-order valence-electron chi connectivity index (χ4n) is 10.5. The highest BCUT2D eigenvalue weighted by molar-refractivity contribution is 8.00. The van der Waals surface area contributed by atoms with Crippen LogP contribution in [0.3, 0.4) is 0 Å². The van der Waals surface area contributed by atoms with Crippen molar-refractivity contribution in [3.05, 3.63) is 131 Å². The fraction of sp³-hybridized carbons (Fsp3) is 0.308. The van der Waals surface area contributed by atoms with Crippen LogP contribution in [0, 0.1) is 11.8 Å². The van der Waals surface area contributed by atoms with E-state index in [4.69, 9.17) is 39.5 Å². The Bertz CT molecular complexity index is 3720. The summed E-state index contributed by atoms with van der Waals surface area (Å²) in [5, 5.41) is 15.4. The van der Waals surface area contributed by atoms with Gasteiger partial charge in [0.05, 0.1) is 44.3 Å². The molecule has 2 atom stereocenters. The van der Waals surface area contributed by atoms with Gasteiger partial charge in [0, 0.05) is 68.4 Å². The van der Waals surface area contributed by atoms with Gasteiger partial charge in [-0.3, -0.25) is 14.1 Å². The summed E-state index contributed by atoms with van der Waals surface area (Å²) in [5.74, 6) is 1.33. The van der Waals surface area contributed by atoms with Crippen LogP contribution in [0.2, 0.25) is 15.1 Å². The van der Waals surface area contributed by atoms with E-state index < -0.39 is 86.9 Å². The second-order valence-electron chi connectivity index (χ2n) is 19.8. The van der Waals surface area contributed by atoms with Crippen molar-refractivity contribution in [1.29, 1.82) is 0 Å². The van der Waals surface area contributed by atoms with Gasteiger partial charge in [0.2, 0.25) is 22.1 Å². The number of ether oxygens (including phenoxy) is 1. The molecule has 15 nitrogen and oxygen atoms in total. The van der Waals surface area contributed by atoms with Gasteiger partial charge in [-0.25, -0.2) is 18.2 Å². The van der Waals surface area contributed by atoms with Crippen molar-refractivity contribution in [2.75, 3.05) is 22.5 Å². The van der Waals surface area contributed by atoms with E-state index in [2.05, 4.69) is 27.5 Å². The molecule has 0 aliphatic carbocycles. The Hall–Kier alpha value is -5.62. The summed E-state index contributed by atoms with van der Waals surface area (Å²) >= 11 is 21.9. The number of halogens is 3. The third-order valence-electron chi connectivity index (χ3n) is 13.3. The van der Waals surface area contributed by atoms with Crippen LogP contribution in [0.25, 0.3) is 5.57 Å². The molecule has 0 radical (unpaired) electrons. The molecule has 0 bridgehead atoms. The molecule has 0 aromatic heterocycles. The minimum Gasteiger partial charge on any atom is -0.744 e. The second-order valence-corrected chi connectivity index (χ2v) is 24.6. The standard InChI is InChI=1S/C52H47Cl3N4O11S3/c1-25-21-51(3,4)57-43-30(25)19-32-37(33-20-31-26(2)22-52(5,6)58-44(31)49(73(67,68)69)46(33)70-45(32)48(43)72(64,65)66)38-39(50(62)63)40(53)42(55)47(41(38)54)71-24-35(60)56-18-17-36(61)59-23-29-13-8-7-11-27(29)15-16-28-12-9-10-14-34(28)59/h7-14,19-20,25-26,57H,17-18,21-24H2,1-6H3,(H,56,60)(H,62,63)(H,64,65,66)(H,67,68,69). The average Bonchev–Trinajstić information content (AvgIpc) is 3.27. The molecule has 2 unspecified atom stereocenters. The number of aromatic carboxylic acids is 1. The molecular weight excluding hydrogens is 1060 g/mol. The maximum Gasteiger partial charge on any atom is 0.337 e. The SMILES string of the molecule is CC1CC(C)(C)Nc2c1cc1c(c2S(=O)(=O)[O-])Oc2c(S(=O)(=O)O)c3c(cc2=C1c1c(Cl)c(SCC(=O)NCCC(=O)N2Cc4ccccc4C#Cc4ccccc42)c(Cl)c(Cl)c1C(=O)O)C(C)CC(C)(C)[NH+]=3. The van der Waals surface area contributed by atoms with Crippen molar-refractivity contribution in [1.82, 2.24) is 5.32 Å². The Morgan fingerprint density at radius 1 is 0.904 bits per heavy atom. The van der Waals surface area contributed by atoms with Crippen molar-refractivity contribution >= 4 is 102 Å². The van der Waals surface area contributed by atoms with E-state index in [9.17, 15) is 45.4 Å². The van der Waals surface area contributed by atoms with Crippen molar-refractivity contribution in [3.8, 4) is 23.3 Å². The molecule has 5 aromatic carbocycles. The lowest BCUT2D eigenvalue weighted by Gasteiger charge is -2.40. The zero-order valence-corrected chi connectivity index (χ0v) is 44.8. The van der Waals surface area contributed by atoms with Crippen molar-refractivity contribution in [2.24, 2.45) is 0 Å². The molecule has 21 heteroatoms. The highest BCUT2D eigenvalue weighted by Gasteiger charge is 2.43. The number of nitrogens with one attached hydrogen (secondary N) is 3. The summed E-state index contributed by atoms with van der Waals surface area (Å²) < 4.78 is 86.0. The number of thioether (sulfide) groups is 1. The van der Waals surface area contributed by atoms with Crippen LogP contribution >= 0.6 is 46.6 Å². The van der Waals surface area contributed by atoms with E-state index in [1.54, 1.807) is 30.9 Å². The summed E-state index contributed by atoms with van der Waals surface area (Å²) in [4.78, 5) is 44.1. The molecule has 0 fully saturated rings. The third-order valence-corrected chi connectivity index (χ3v) is 17.7. The molecular formula is C52H47Cl3N4O11S3. The predicted octanol–water partition coefficient (Wildman–Crippen LogP) is 7.08. The van der Waals surface area contributed by atoms with Crippen LogP contribution in [0.1, 0.15) is 122 Å². The number of carboxylic acid groups (broad SMARTS) is 1. The van der Waals surface area contributed by atoms with Gasteiger partial charge in [-0.15, -0.1) is 11.8 Å². The molecule has 4 aliphatic heterocycles. The van der Waals surface area contributed by atoms with Crippen LogP contribution in [0.15, 0.2) is 75.4 Å². The highest BCUT2D eigenvalue weighted by atomic mass is 35.5. The summed E-state index contributed by atoms with van der Waals surface area (Å²) in [5.41, 5.74) is 0.580. The molecule has 380 valence electrons. The van der Waals surface area contributed by atoms with E-state index >= 15 is 0 Å². The Balaban J connectivity index is 1.17. The minimum atomic E-state index is -5.54. The van der Waals surface area contributed by atoms with Gasteiger partial charge >= 0.3 is 16.1 Å². The molecule has 5 aromatic rings. The first kappa shape index (κ1) is 52.3. The Morgan fingerprint density at radius 2 is 1.56 bits per heavy atom. The number of carbonyl (C=O) groups is 3. The Labute approximate surface area is 440 Å². The maximum atomic E-state index is 13.9. The van der Waals surface area contributed by atoms with Gasteiger partial charge in [0.1, 0.15) is 15.0 Å². The number of para-hydroxylation sites is 1. The molecule has 4 heterocycles. The second kappa shape index (κ2) is 18.9. The monoisotopic (exact) mass is 1100 g/mol. The average molecular weight is 1110 g/mol. The number of benzene rings is 5. The highest BCUT2D eigenvalue weighted by Crippen LogP contribution is 2.54. The number of hydrogen-bond donors (Lipinski definition) is 5. The maximum absolute atomic E-state index is 13.9. The van der Waals surface area contributed by atoms with E-state index in [0.717, 1.165) is 22.9 Å². The number of carbonyl (C=O) groups excluding carboxylic acids is 2. The van der Waals surface area contributed by atoms with Crippen molar-refractivity contribution < 1.29 is 55.2 Å². The quantitative estimate of drug-likeness (QED) is 0.0400. The molecule has 2 amide bonds. The first-order chi connectivity index (χ1) is 34.2. The van der Waals surface area contributed by atoms with Gasteiger partial charge < -0.3 is 29.9 Å². The third kappa shape index (κ3) is 9.70. The van der Waals surface area contributed by atoms with Crippen LogP contribution in [-0.4, -0.2) is 72.2 Å². The lowest BCUT2D eigenvalue weighted by Crippen LogP contribution is -2.91. The minimum absolute atomic E-state index is 0.0563. The summed E-state index contributed by atoms with van der Waals surface area (Å²) in [6.45, 7) is 11.1. The topological polar surface area (TPSA) is 234 Å². The van der Waals surface area contributed by atoms with Gasteiger partial charge in [0.25, 0.3) is 0 Å². The molecule has 0 saturated heterocycles. The summed E-state index contributed by atoms with van der Waals surface area (Å²) in [6, 6.07) is 17.9.